The zero-order chi connectivity index (χ0) is 18.3. The number of carbonyl (C=O) groups excluding carboxylic acids is 1. The molecule has 1 aliphatic rings. The van der Waals surface area contributed by atoms with E-state index in [1.807, 2.05) is 43.3 Å². The Kier molecular flexibility index (Phi) is 3.80. The smallest absolute Gasteiger partial charge is 0.252 e. The average Bonchev–Trinajstić information content (AvgIpc) is 3.41. The molecule has 1 saturated carbocycles. The molecule has 1 fully saturated rings. The molecule has 4 rings (SSSR count). The number of benzene rings is 2. The van der Waals surface area contributed by atoms with Crippen LogP contribution in [-0.4, -0.2) is 18.0 Å². The summed E-state index contributed by atoms with van der Waals surface area (Å²) >= 11 is 0. The number of nitrogens with one attached hydrogen (secondary N) is 2. The molecule has 1 heterocycles. The van der Waals surface area contributed by atoms with Gasteiger partial charge in [-0.05, 0) is 49.1 Å². The van der Waals surface area contributed by atoms with Crippen molar-refractivity contribution in [1.82, 2.24) is 10.3 Å². The summed E-state index contributed by atoms with van der Waals surface area (Å²) in [6.45, 7) is 1.90. The molecule has 1 amide bonds. The van der Waals surface area contributed by atoms with Gasteiger partial charge in [-0.15, -0.1) is 0 Å². The molecule has 1 aromatic heterocycles. The third-order valence-corrected chi connectivity index (χ3v) is 5.06. The SMILES string of the molecule is COc1ccc(C)c(C(=O)NC2(c3cc(=O)[nH]c4ccccc34)CC2)c1. The van der Waals surface area contributed by atoms with Crippen molar-refractivity contribution in [2.45, 2.75) is 25.3 Å². The molecule has 0 bridgehead atoms. The second-order valence-corrected chi connectivity index (χ2v) is 6.81. The van der Waals surface area contributed by atoms with Crippen LogP contribution in [-0.2, 0) is 5.54 Å². The predicted molar refractivity (Wildman–Crippen MR) is 101 cm³/mol. The van der Waals surface area contributed by atoms with Gasteiger partial charge in [0.2, 0.25) is 5.56 Å². The number of aromatic nitrogens is 1. The van der Waals surface area contributed by atoms with Crippen LogP contribution in [0.3, 0.4) is 0 Å². The van der Waals surface area contributed by atoms with Crippen molar-refractivity contribution in [3.05, 3.63) is 75.6 Å². The summed E-state index contributed by atoms with van der Waals surface area (Å²) in [5, 5.41) is 4.13. The fourth-order valence-electron chi connectivity index (χ4n) is 3.44. The van der Waals surface area contributed by atoms with Crippen LogP contribution in [0, 0.1) is 6.92 Å². The van der Waals surface area contributed by atoms with Crippen LogP contribution >= 0.6 is 0 Å². The van der Waals surface area contributed by atoms with Crippen LogP contribution < -0.4 is 15.6 Å². The van der Waals surface area contributed by atoms with Crippen molar-refractivity contribution < 1.29 is 9.53 Å². The number of methoxy groups -OCH3 is 1. The van der Waals surface area contributed by atoms with E-state index in [2.05, 4.69) is 10.3 Å². The Morgan fingerprint density at radius 1 is 1.15 bits per heavy atom. The van der Waals surface area contributed by atoms with Gasteiger partial charge >= 0.3 is 0 Å². The molecule has 2 aromatic carbocycles. The molecular weight excluding hydrogens is 328 g/mol. The van der Waals surface area contributed by atoms with Crippen LogP contribution in [0.15, 0.2) is 53.3 Å². The number of pyridine rings is 1. The lowest BCUT2D eigenvalue weighted by Crippen LogP contribution is -2.36. The van der Waals surface area contributed by atoms with E-state index in [1.54, 1.807) is 19.2 Å². The highest BCUT2D eigenvalue weighted by atomic mass is 16.5. The van der Waals surface area contributed by atoms with Gasteiger partial charge in [0, 0.05) is 22.5 Å². The third kappa shape index (κ3) is 2.75. The molecule has 0 unspecified atom stereocenters. The molecule has 5 heteroatoms. The summed E-state index contributed by atoms with van der Waals surface area (Å²) in [6, 6.07) is 14.7. The van der Waals surface area contributed by atoms with E-state index in [1.165, 1.54) is 0 Å². The van der Waals surface area contributed by atoms with Gasteiger partial charge in [0.15, 0.2) is 0 Å². The van der Waals surface area contributed by atoms with Gasteiger partial charge in [-0.2, -0.15) is 0 Å². The van der Waals surface area contributed by atoms with Crippen LogP contribution in [0.5, 0.6) is 5.75 Å². The van der Waals surface area contributed by atoms with Crippen LogP contribution in [0.25, 0.3) is 10.9 Å². The van der Waals surface area contributed by atoms with Gasteiger partial charge < -0.3 is 15.0 Å². The minimum absolute atomic E-state index is 0.150. The number of ether oxygens (including phenoxy) is 1. The standard InChI is InChI=1S/C21H20N2O3/c1-13-7-8-14(26-2)11-16(13)20(25)23-21(9-10-21)17-12-19(24)22-18-6-4-3-5-15(17)18/h3-8,11-12H,9-10H2,1-2H3,(H,22,24)(H,23,25). The number of hydrogen-bond donors (Lipinski definition) is 2. The van der Waals surface area contributed by atoms with Crippen molar-refractivity contribution in [3.63, 3.8) is 0 Å². The first kappa shape index (κ1) is 16.4. The summed E-state index contributed by atoms with van der Waals surface area (Å²) in [6.07, 6.45) is 1.63. The predicted octanol–water partition coefficient (Wildman–Crippen LogP) is 3.26. The highest BCUT2D eigenvalue weighted by molar-refractivity contribution is 5.97. The van der Waals surface area contributed by atoms with Crippen molar-refractivity contribution in [1.29, 1.82) is 0 Å². The quantitative estimate of drug-likeness (QED) is 0.760. The van der Waals surface area contributed by atoms with E-state index in [9.17, 15) is 9.59 Å². The molecule has 1 aliphatic carbocycles. The minimum Gasteiger partial charge on any atom is -0.497 e. The van der Waals surface area contributed by atoms with Gasteiger partial charge in [-0.3, -0.25) is 9.59 Å². The molecule has 132 valence electrons. The zero-order valence-electron chi connectivity index (χ0n) is 14.8. The monoisotopic (exact) mass is 348 g/mol. The maximum absolute atomic E-state index is 12.9. The van der Waals surface area contributed by atoms with E-state index in [-0.39, 0.29) is 11.5 Å². The Bertz CT molecular complexity index is 1060. The molecule has 2 N–H and O–H groups in total. The van der Waals surface area contributed by atoms with E-state index < -0.39 is 5.54 Å². The number of amides is 1. The van der Waals surface area contributed by atoms with Gasteiger partial charge in [0.05, 0.1) is 12.6 Å². The molecule has 0 saturated heterocycles. The highest BCUT2D eigenvalue weighted by Gasteiger charge is 2.47. The summed E-state index contributed by atoms with van der Waals surface area (Å²) in [5.41, 5.74) is 2.50. The number of hydrogen-bond acceptors (Lipinski definition) is 3. The molecule has 0 radical (unpaired) electrons. The Labute approximate surface area is 151 Å². The molecule has 5 nitrogen and oxygen atoms in total. The largest absolute Gasteiger partial charge is 0.497 e. The Balaban J connectivity index is 1.73. The first-order chi connectivity index (χ1) is 12.5. The number of fused-ring (bicyclic) bond motifs is 1. The van der Waals surface area contributed by atoms with Crippen molar-refractivity contribution in [3.8, 4) is 5.75 Å². The number of H-pyrrole nitrogens is 1. The van der Waals surface area contributed by atoms with E-state index in [0.717, 1.165) is 34.9 Å². The Morgan fingerprint density at radius 3 is 2.65 bits per heavy atom. The molecular formula is C21H20N2O3. The van der Waals surface area contributed by atoms with Gasteiger partial charge in [-0.25, -0.2) is 0 Å². The summed E-state index contributed by atoms with van der Waals surface area (Å²) in [7, 11) is 1.58. The van der Waals surface area contributed by atoms with Gasteiger partial charge in [-0.1, -0.05) is 24.3 Å². The molecule has 3 aromatic rings. The van der Waals surface area contributed by atoms with E-state index >= 15 is 0 Å². The lowest BCUT2D eigenvalue weighted by molar-refractivity contribution is 0.0930. The number of aromatic amines is 1. The van der Waals surface area contributed by atoms with Crippen molar-refractivity contribution >= 4 is 16.8 Å². The Morgan fingerprint density at radius 2 is 1.92 bits per heavy atom. The summed E-state index contributed by atoms with van der Waals surface area (Å²) < 4.78 is 5.24. The molecule has 0 atom stereocenters. The van der Waals surface area contributed by atoms with Crippen molar-refractivity contribution in [2.24, 2.45) is 0 Å². The van der Waals surface area contributed by atoms with E-state index in [4.69, 9.17) is 4.74 Å². The molecule has 26 heavy (non-hydrogen) atoms. The fraction of sp³-hybridized carbons (Fsp3) is 0.238. The number of rotatable bonds is 4. The molecule has 0 spiro atoms. The van der Waals surface area contributed by atoms with Crippen LogP contribution in [0.2, 0.25) is 0 Å². The zero-order valence-corrected chi connectivity index (χ0v) is 14.8. The second kappa shape index (κ2) is 6.02. The third-order valence-electron chi connectivity index (χ3n) is 5.06. The highest BCUT2D eigenvalue weighted by Crippen LogP contribution is 2.47. The minimum atomic E-state index is -0.486. The van der Waals surface area contributed by atoms with Crippen molar-refractivity contribution in [2.75, 3.05) is 7.11 Å². The maximum atomic E-state index is 12.9. The first-order valence-electron chi connectivity index (χ1n) is 8.62. The average molecular weight is 348 g/mol. The normalized spacial score (nSPS) is 14.8. The number of aryl methyl sites for hydroxylation is 1. The maximum Gasteiger partial charge on any atom is 0.252 e. The summed E-state index contributed by atoms with van der Waals surface area (Å²) in [5.74, 6) is 0.496. The molecule has 0 aliphatic heterocycles. The fourth-order valence-corrected chi connectivity index (χ4v) is 3.44. The first-order valence-corrected chi connectivity index (χ1v) is 8.62. The van der Waals surface area contributed by atoms with Gasteiger partial charge in [0.25, 0.3) is 5.91 Å². The van der Waals surface area contributed by atoms with Crippen LogP contribution in [0.4, 0.5) is 0 Å². The lowest BCUT2D eigenvalue weighted by atomic mass is 9.99. The summed E-state index contributed by atoms with van der Waals surface area (Å²) in [4.78, 5) is 27.9. The van der Waals surface area contributed by atoms with Crippen LogP contribution in [0.1, 0.15) is 34.3 Å². The second-order valence-electron chi connectivity index (χ2n) is 6.81. The Hall–Kier alpha value is -3.08. The number of para-hydroxylation sites is 1. The van der Waals surface area contributed by atoms with E-state index in [0.29, 0.717) is 11.3 Å². The topological polar surface area (TPSA) is 71.2 Å². The lowest BCUT2D eigenvalue weighted by Gasteiger charge is -2.20. The number of carbonyl (C=O) groups is 1. The van der Waals surface area contributed by atoms with Gasteiger partial charge in [0.1, 0.15) is 5.75 Å².